The zero-order valence-corrected chi connectivity index (χ0v) is 17.7. The van der Waals surface area contributed by atoms with Crippen LogP contribution in [0.1, 0.15) is 24.2 Å². The number of carbonyl (C=O) groups excluding carboxylic acids is 1. The maximum atomic E-state index is 12.3. The molecule has 6 nitrogen and oxygen atoms in total. The molecule has 1 heterocycles. The highest BCUT2D eigenvalue weighted by molar-refractivity contribution is 7.13. The summed E-state index contributed by atoms with van der Waals surface area (Å²) >= 11 is 1.60. The van der Waals surface area contributed by atoms with Crippen LogP contribution in [0.3, 0.4) is 0 Å². The second-order valence-corrected chi connectivity index (χ2v) is 7.36. The van der Waals surface area contributed by atoms with Gasteiger partial charge in [0.1, 0.15) is 22.3 Å². The molecule has 0 bridgehead atoms. The molecule has 0 aliphatic heterocycles. The fourth-order valence-corrected chi connectivity index (χ4v) is 3.67. The van der Waals surface area contributed by atoms with E-state index in [0.717, 1.165) is 21.8 Å². The Bertz CT molecular complexity index is 969. The molecule has 7 heteroatoms. The van der Waals surface area contributed by atoms with E-state index in [1.807, 2.05) is 61.7 Å². The maximum absolute atomic E-state index is 12.3. The highest BCUT2D eigenvalue weighted by atomic mass is 32.1. The Morgan fingerprint density at radius 3 is 2.45 bits per heavy atom. The molecule has 152 valence electrons. The van der Waals surface area contributed by atoms with Crippen molar-refractivity contribution in [2.45, 2.75) is 19.9 Å². The Kier molecular flexibility index (Phi) is 6.72. The van der Waals surface area contributed by atoms with Gasteiger partial charge in [-0.25, -0.2) is 4.98 Å². The molecule has 0 fully saturated rings. The van der Waals surface area contributed by atoms with Crippen molar-refractivity contribution in [3.63, 3.8) is 0 Å². The first-order chi connectivity index (χ1) is 14.0. The minimum absolute atomic E-state index is 0.0771. The molecule has 3 rings (SSSR count). The van der Waals surface area contributed by atoms with E-state index in [1.54, 1.807) is 25.6 Å². The fraction of sp³-hybridized carbons (Fsp3) is 0.273. The Hall–Kier alpha value is -3.06. The second kappa shape index (κ2) is 9.43. The molecule has 1 atom stereocenters. The fourth-order valence-electron chi connectivity index (χ4n) is 2.87. The topological polar surface area (TPSA) is 69.7 Å². The first-order valence-electron chi connectivity index (χ1n) is 9.17. The lowest BCUT2D eigenvalue weighted by atomic mass is 10.1. The van der Waals surface area contributed by atoms with Crippen LogP contribution < -0.4 is 19.5 Å². The van der Waals surface area contributed by atoms with E-state index in [2.05, 4.69) is 10.3 Å². The van der Waals surface area contributed by atoms with Gasteiger partial charge in [0.2, 0.25) is 0 Å². The van der Waals surface area contributed by atoms with Crippen molar-refractivity contribution >= 4 is 17.2 Å². The van der Waals surface area contributed by atoms with Gasteiger partial charge in [-0.2, -0.15) is 0 Å². The standard InChI is InChI=1S/C22H24N2O4S/c1-14-13-29-22(23-14)16-5-7-17(8-6-16)28-12-21(25)24-15(2)19-11-18(26-3)9-10-20(19)27-4/h5-11,13,15H,12H2,1-4H3,(H,24,25)/t15-/m1/s1. The van der Waals surface area contributed by atoms with Crippen molar-refractivity contribution in [1.29, 1.82) is 0 Å². The monoisotopic (exact) mass is 412 g/mol. The van der Waals surface area contributed by atoms with E-state index in [4.69, 9.17) is 14.2 Å². The molecule has 29 heavy (non-hydrogen) atoms. The maximum Gasteiger partial charge on any atom is 0.258 e. The lowest BCUT2D eigenvalue weighted by molar-refractivity contribution is -0.123. The van der Waals surface area contributed by atoms with Crippen molar-refractivity contribution in [3.8, 4) is 27.8 Å². The molecule has 0 unspecified atom stereocenters. The van der Waals surface area contributed by atoms with Gasteiger partial charge in [0.25, 0.3) is 5.91 Å². The number of methoxy groups -OCH3 is 2. The van der Waals surface area contributed by atoms with Gasteiger partial charge in [-0.1, -0.05) is 0 Å². The van der Waals surface area contributed by atoms with Crippen molar-refractivity contribution in [2.24, 2.45) is 0 Å². The lowest BCUT2D eigenvalue weighted by Crippen LogP contribution is -2.31. The normalized spacial score (nSPS) is 11.6. The summed E-state index contributed by atoms with van der Waals surface area (Å²) in [6.45, 7) is 3.78. The average molecular weight is 413 g/mol. The minimum Gasteiger partial charge on any atom is -0.497 e. The van der Waals surface area contributed by atoms with Crippen molar-refractivity contribution in [2.75, 3.05) is 20.8 Å². The van der Waals surface area contributed by atoms with E-state index >= 15 is 0 Å². The number of ether oxygens (including phenoxy) is 3. The first kappa shape index (κ1) is 20.7. The van der Waals surface area contributed by atoms with Crippen LogP contribution in [0, 0.1) is 6.92 Å². The number of aryl methyl sites for hydroxylation is 1. The highest BCUT2D eigenvalue weighted by Crippen LogP contribution is 2.29. The first-order valence-corrected chi connectivity index (χ1v) is 10.0. The average Bonchev–Trinajstić information content (AvgIpc) is 3.18. The molecular weight excluding hydrogens is 388 g/mol. The summed E-state index contributed by atoms with van der Waals surface area (Å²) in [7, 11) is 3.20. The number of amides is 1. The lowest BCUT2D eigenvalue weighted by Gasteiger charge is -2.18. The predicted octanol–water partition coefficient (Wildman–Crippen LogP) is 4.39. The second-order valence-electron chi connectivity index (χ2n) is 6.50. The van der Waals surface area contributed by atoms with Crippen LogP contribution in [0.2, 0.25) is 0 Å². The van der Waals surface area contributed by atoms with Gasteiger partial charge in [0.15, 0.2) is 6.61 Å². The number of hydrogen-bond acceptors (Lipinski definition) is 6. The molecule has 0 aliphatic rings. The van der Waals surface area contributed by atoms with E-state index in [9.17, 15) is 4.79 Å². The summed E-state index contributed by atoms with van der Waals surface area (Å²) in [6.07, 6.45) is 0. The largest absolute Gasteiger partial charge is 0.497 e. The third-order valence-electron chi connectivity index (χ3n) is 4.37. The van der Waals surface area contributed by atoms with Crippen LogP contribution in [-0.2, 0) is 4.79 Å². The number of benzene rings is 2. The number of carbonyl (C=O) groups is 1. The van der Waals surface area contributed by atoms with Crippen LogP contribution >= 0.6 is 11.3 Å². The van der Waals surface area contributed by atoms with Gasteiger partial charge in [-0.15, -0.1) is 11.3 Å². The number of nitrogens with one attached hydrogen (secondary N) is 1. The number of thiazole rings is 1. The zero-order chi connectivity index (χ0) is 20.8. The summed E-state index contributed by atoms with van der Waals surface area (Å²) < 4.78 is 16.3. The Morgan fingerprint density at radius 2 is 1.83 bits per heavy atom. The summed E-state index contributed by atoms with van der Waals surface area (Å²) in [6, 6.07) is 12.8. The van der Waals surface area contributed by atoms with E-state index in [1.165, 1.54) is 0 Å². The summed E-state index contributed by atoms with van der Waals surface area (Å²) in [5, 5.41) is 5.91. The summed E-state index contributed by atoms with van der Waals surface area (Å²) in [4.78, 5) is 16.8. The molecule has 0 saturated carbocycles. The van der Waals surface area contributed by atoms with E-state index < -0.39 is 0 Å². The van der Waals surface area contributed by atoms with Gasteiger partial charge in [-0.05, 0) is 56.3 Å². The minimum atomic E-state index is -0.258. The van der Waals surface area contributed by atoms with E-state index in [-0.39, 0.29) is 18.6 Å². The number of hydrogen-bond donors (Lipinski definition) is 1. The zero-order valence-electron chi connectivity index (χ0n) is 16.9. The van der Waals surface area contributed by atoms with Crippen molar-refractivity contribution < 1.29 is 19.0 Å². The number of rotatable bonds is 8. The van der Waals surface area contributed by atoms with E-state index in [0.29, 0.717) is 17.2 Å². The van der Waals surface area contributed by atoms with Crippen LogP contribution in [0.4, 0.5) is 0 Å². The van der Waals surface area contributed by atoms with Gasteiger partial charge >= 0.3 is 0 Å². The van der Waals surface area contributed by atoms with Crippen molar-refractivity contribution in [3.05, 3.63) is 59.1 Å². The van der Waals surface area contributed by atoms with Crippen LogP contribution in [0.25, 0.3) is 10.6 Å². The van der Waals surface area contributed by atoms with Gasteiger partial charge in [0.05, 0.1) is 20.3 Å². The van der Waals surface area contributed by atoms with Crippen LogP contribution in [0.15, 0.2) is 47.8 Å². The van der Waals surface area contributed by atoms with Crippen LogP contribution in [-0.4, -0.2) is 31.7 Å². The number of nitrogens with zero attached hydrogens (tertiary/aromatic N) is 1. The molecule has 0 radical (unpaired) electrons. The Morgan fingerprint density at radius 1 is 1.10 bits per heavy atom. The van der Waals surface area contributed by atoms with Gasteiger partial charge in [-0.3, -0.25) is 4.79 Å². The molecule has 0 aliphatic carbocycles. The number of aromatic nitrogens is 1. The Balaban J connectivity index is 1.57. The Labute approximate surface area is 174 Å². The summed E-state index contributed by atoms with van der Waals surface area (Å²) in [5.74, 6) is 1.80. The SMILES string of the molecule is COc1ccc(OC)c([C@@H](C)NC(=O)COc2ccc(-c3nc(C)cs3)cc2)c1. The predicted molar refractivity (Wildman–Crippen MR) is 114 cm³/mol. The third-order valence-corrected chi connectivity index (χ3v) is 5.38. The summed E-state index contributed by atoms with van der Waals surface area (Å²) in [5.41, 5.74) is 2.87. The molecule has 2 aromatic carbocycles. The third kappa shape index (κ3) is 5.26. The highest BCUT2D eigenvalue weighted by Gasteiger charge is 2.15. The van der Waals surface area contributed by atoms with Gasteiger partial charge < -0.3 is 19.5 Å². The van der Waals surface area contributed by atoms with Crippen molar-refractivity contribution in [1.82, 2.24) is 10.3 Å². The molecule has 0 spiro atoms. The quantitative estimate of drug-likeness (QED) is 0.594. The smallest absolute Gasteiger partial charge is 0.258 e. The molecule has 1 amide bonds. The van der Waals surface area contributed by atoms with Gasteiger partial charge in [0, 0.05) is 22.2 Å². The molecule has 0 saturated heterocycles. The molecule has 1 N–H and O–H groups in total. The van der Waals surface area contributed by atoms with Crippen LogP contribution in [0.5, 0.6) is 17.2 Å². The molecular formula is C22H24N2O4S. The molecule has 1 aromatic heterocycles. The molecule has 3 aromatic rings.